The highest BCUT2D eigenvalue weighted by atomic mass is 15.3. The van der Waals surface area contributed by atoms with Crippen molar-refractivity contribution in [2.45, 2.75) is 25.8 Å². The molecule has 6 nitrogen and oxygen atoms in total. The maximum absolute atomic E-state index is 4.75. The Morgan fingerprint density at radius 2 is 2.00 bits per heavy atom. The summed E-state index contributed by atoms with van der Waals surface area (Å²) in [6.45, 7) is 1.61. The first-order valence-corrected chi connectivity index (χ1v) is 7.91. The number of hydrogen-bond acceptors (Lipinski definition) is 5. The van der Waals surface area contributed by atoms with Gasteiger partial charge in [-0.15, -0.1) is 0 Å². The Bertz CT molecular complexity index is 782. The summed E-state index contributed by atoms with van der Waals surface area (Å²) in [5.41, 5.74) is 3.45. The molecule has 0 amide bonds. The van der Waals surface area contributed by atoms with Crippen molar-refractivity contribution in [1.29, 1.82) is 0 Å². The number of fused-ring (bicyclic) bond motifs is 1. The first-order valence-electron chi connectivity index (χ1n) is 7.91. The maximum Gasteiger partial charge on any atom is 0.161 e. The van der Waals surface area contributed by atoms with Crippen LogP contribution in [0.25, 0.3) is 11.4 Å². The largest absolute Gasteiger partial charge is 0.368 e. The van der Waals surface area contributed by atoms with Crippen molar-refractivity contribution in [2.75, 3.05) is 11.9 Å². The highest BCUT2D eigenvalue weighted by Gasteiger charge is 2.19. The molecule has 0 radical (unpaired) electrons. The summed E-state index contributed by atoms with van der Waals surface area (Å²) in [4.78, 5) is 13.6. The average molecular weight is 306 g/mol. The van der Waals surface area contributed by atoms with Crippen LogP contribution in [-0.2, 0) is 19.4 Å². The fraction of sp³-hybridized carbons (Fsp3) is 0.294. The van der Waals surface area contributed by atoms with Crippen LogP contribution < -0.4 is 5.32 Å². The summed E-state index contributed by atoms with van der Waals surface area (Å²) in [6.07, 6.45) is 10.5. The van der Waals surface area contributed by atoms with Gasteiger partial charge >= 0.3 is 0 Å². The first kappa shape index (κ1) is 13.9. The van der Waals surface area contributed by atoms with Gasteiger partial charge in [0.15, 0.2) is 5.82 Å². The van der Waals surface area contributed by atoms with Gasteiger partial charge in [-0.25, -0.2) is 9.97 Å². The van der Waals surface area contributed by atoms with Crippen molar-refractivity contribution in [3.8, 4) is 11.4 Å². The maximum atomic E-state index is 4.75. The van der Waals surface area contributed by atoms with E-state index in [9.17, 15) is 0 Å². The quantitative estimate of drug-likeness (QED) is 0.783. The molecule has 0 aliphatic heterocycles. The van der Waals surface area contributed by atoms with Crippen molar-refractivity contribution >= 4 is 5.82 Å². The number of rotatable bonds is 5. The third-order valence-corrected chi connectivity index (χ3v) is 4.06. The molecule has 1 aliphatic rings. The molecule has 6 heteroatoms. The zero-order valence-electron chi connectivity index (χ0n) is 12.8. The van der Waals surface area contributed by atoms with E-state index in [1.54, 1.807) is 18.6 Å². The molecule has 0 unspecified atom stereocenters. The number of aryl methyl sites for hydroxylation is 1. The monoisotopic (exact) mass is 306 g/mol. The van der Waals surface area contributed by atoms with E-state index in [0.717, 1.165) is 49.6 Å². The fourth-order valence-electron chi connectivity index (χ4n) is 2.93. The summed E-state index contributed by atoms with van der Waals surface area (Å²) >= 11 is 0. The predicted octanol–water partition coefficient (Wildman–Crippen LogP) is 2.34. The van der Waals surface area contributed by atoms with Gasteiger partial charge in [0.1, 0.15) is 5.82 Å². The minimum absolute atomic E-state index is 0.773. The summed E-state index contributed by atoms with van der Waals surface area (Å²) in [6, 6.07) is 5.83. The van der Waals surface area contributed by atoms with Crippen molar-refractivity contribution < 1.29 is 0 Å². The molecule has 3 aromatic heterocycles. The zero-order chi connectivity index (χ0) is 15.5. The Morgan fingerprint density at radius 1 is 1.09 bits per heavy atom. The van der Waals surface area contributed by atoms with E-state index >= 15 is 0 Å². The Kier molecular flexibility index (Phi) is 3.71. The van der Waals surface area contributed by atoms with E-state index in [0.29, 0.717) is 0 Å². The average Bonchev–Trinajstić information content (AvgIpc) is 3.26. The van der Waals surface area contributed by atoms with E-state index < -0.39 is 0 Å². The van der Waals surface area contributed by atoms with E-state index in [2.05, 4.69) is 15.4 Å². The third-order valence-electron chi connectivity index (χ3n) is 4.06. The molecule has 0 atom stereocenters. The molecule has 0 bridgehead atoms. The molecule has 0 saturated heterocycles. The molecule has 23 heavy (non-hydrogen) atoms. The number of nitrogens with zero attached hydrogens (tertiary/aromatic N) is 5. The lowest BCUT2D eigenvalue weighted by molar-refractivity contribution is 0.636. The van der Waals surface area contributed by atoms with Gasteiger partial charge < -0.3 is 5.32 Å². The van der Waals surface area contributed by atoms with Gasteiger partial charge in [-0.2, -0.15) is 5.10 Å². The van der Waals surface area contributed by atoms with Crippen LogP contribution in [-0.4, -0.2) is 31.3 Å². The molecule has 3 aromatic rings. The highest BCUT2D eigenvalue weighted by molar-refractivity contribution is 5.60. The fourth-order valence-corrected chi connectivity index (χ4v) is 2.93. The van der Waals surface area contributed by atoms with E-state index in [-0.39, 0.29) is 0 Å². The lowest BCUT2D eigenvalue weighted by Crippen LogP contribution is -2.14. The Hall–Kier alpha value is -2.76. The van der Waals surface area contributed by atoms with Gasteiger partial charge in [0.25, 0.3) is 0 Å². The second kappa shape index (κ2) is 6.16. The van der Waals surface area contributed by atoms with Crippen LogP contribution in [0.5, 0.6) is 0 Å². The highest BCUT2D eigenvalue weighted by Crippen LogP contribution is 2.28. The molecule has 0 fully saturated rings. The minimum atomic E-state index is 0.773. The molecule has 3 heterocycles. The summed E-state index contributed by atoms with van der Waals surface area (Å²) in [7, 11) is 0. The van der Waals surface area contributed by atoms with E-state index in [1.165, 1.54) is 11.3 Å². The normalized spacial score (nSPS) is 13.0. The van der Waals surface area contributed by atoms with Crippen LogP contribution in [0.3, 0.4) is 0 Å². The van der Waals surface area contributed by atoms with Crippen molar-refractivity contribution in [2.24, 2.45) is 0 Å². The Morgan fingerprint density at radius 3 is 2.83 bits per heavy atom. The zero-order valence-corrected chi connectivity index (χ0v) is 12.8. The molecule has 0 saturated carbocycles. The predicted molar refractivity (Wildman–Crippen MR) is 88.0 cm³/mol. The van der Waals surface area contributed by atoms with Crippen LogP contribution >= 0.6 is 0 Å². The van der Waals surface area contributed by atoms with Gasteiger partial charge in [0.05, 0.1) is 6.54 Å². The number of hydrogen-bond donors (Lipinski definition) is 1. The van der Waals surface area contributed by atoms with E-state index in [1.807, 2.05) is 29.1 Å². The SMILES string of the molecule is c1cnn(CCNc2nc(-c3ccncc3)nc3c2CCC3)c1. The molecule has 0 spiro atoms. The standard InChI is InChI=1S/C17H18N6/c1-3-14-15(4-1)21-16(13-5-8-18-9-6-13)22-17(14)19-10-12-23-11-2-7-20-23/h2,5-9,11H,1,3-4,10,12H2,(H,19,21,22). The van der Waals surface area contributed by atoms with Crippen molar-refractivity contribution in [1.82, 2.24) is 24.7 Å². The molecule has 116 valence electrons. The lowest BCUT2D eigenvalue weighted by Gasteiger charge is -2.12. The Balaban J connectivity index is 1.59. The number of anilines is 1. The first-order chi connectivity index (χ1) is 11.4. The third kappa shape index (κ3) is 2.92. The van der Waals surface area contributed by atoms with Gasteiger partial charge in [-0.05, 0) is 37.5 Å². The Labute approximate surface area is 134 Å². The molecule has 0 aromatic carbocycles. The van der Waals surface area contributed by atoms with Gasteiger partial charge in [-0.3, -0.25) is 9.67 Å². The second-order valence-corrected chi connectivity index (χ2v) is 5.61. The molecular weight excluding hydrogens is 288 g/mol. The van der Waals surface area contributed by atoms with Crippen LogP contribution in [0, 0.1) is 0 Å². The van der Waals surface area contributed by atoms with Crippen molar-refractivity contribution in [3.63, 3.8) is 0 Å². The number of aromatic nitrogens is 5. The molecule has 4 rings (SSSR count). The van der Waals surface area contributed by atoms with Crippen molar-refractivity contribution in [3.05, 3.63) is 54.2 Å². The van der Waals surface area contributed by atoms with E-state index in [4.69, 9.17) is 9.97 Å². The van der Waals surface area contributed by atoms with Crippen LogP contribution in [0.1, 0.15) is 17.7 Å². The summed E-state index contributed by atoms with van der Waals surface area (Å²) in [5.74, 6) is 1.74. The molecular formula is C17H18N6. The number of pyridine rings is 1. The second-order valence-electron chi connectivity index (χ2n) is 5.61. The van der Waals surface area contributed by atoms with Gasteiger partial charge in [0.2, 0.25) is 0 Å². The topological polar surface area (TPSA) is 68.5 Å². The summed E-state index contributed by atoms with van der Waals surface area (Å²) in [5, 5.41) is 7.69. The molecule has 1 N–H and O–H groups in total. The number of nitrogens with one attached hydrogen (secondary N) is 1. The van der Waals surface area contributed by atoms with Gasteiger partial charge in [-0.1, -0.05) is 0 Å². The van der Waals surface area contributed by atoms with Crippen LogP contribution in [0.2, 0.25) is 0 Å². The summed E-state index contributed by atoms with van der Waals surface area (Å²) < 4.78 is 1.91. The van der Waals surface area contributed by atoms with Gasteiger partial charge in [0, 0.05) is 48.2 Å². The van der Waals surface area contributed by atoms with Crippen LogP contribution in [0.4, 0.5) is 5.82 Å². The minimum Gasteiger partial charge on any atom is -0.368 e. The van der Waals surface area contributed by atoms with Crippen LogP contribution in [0.15, 0.2) is 43.0 Å². The lowest BCUT2D eigenvalue weighted by atomic mass is 10.2. The smallest absolute Gasteiger partial charge is 0.161 e. The molecule has 1 aliphatic carbocycles.